The number of nitrogens with one attached hydrogen (secondary N) is 1. The van der Waals surface area contributed by atoms with Gasteiger partial charge in [0.25, 0.3) is 5.91 Å². The highest BCUT2D eigenvalue weighted by Gasteiger charge is 2.14. The third-order valence-electron chi connectivity index (χ3n) is 2.68. The molecule has 0 heterocycles. The average molecular weight is 356 g/mol. The molecule has 2 aromatic carbocycles. The second-order valence-corrected chi connectivity index (χ2v) is 5.30. The molecule has 4 nitrogen and oxygen atoms in total. The lowest BCUT2D eigenvalue weighted by atomic mass is 10.2. The van der Waals surface area contributed by atoms with E-state index < -0.39 is 0 Å². The molecule has 0 bridgehead atoms. The van der Waals surface area contributed by atoms with E-state index in [-0.39, 0.29) is 10.9 Å². The summed E-state index contributed by atoms with van der Waals surface area (Å²) < 4.78 is 6.02. The summed E-state index contributed by atoms with van der Waals surface area (Å²) in [6.45, 7) is 0. The number of nitrogen functional groups attached to an aromatic ring is 1. The van der Waals surface area contributed by atoms with Gasteiger partial charge in [-0.1, -0.05) is 33.6 Å². The first-order valence-electron chi connectivity index (χ1n) is 5.72. The minimum atomic E-state index is -0.348. The number of ether oxygens (including phenoxy) is 1. The third kappa shape index (κ3) is 3.05. The zero-order valence-corrected chi connectivity index (χ0v) is 13.0. The summed E-state index contributed by atoms with van der Waals surface area (Å²) >= 11 is 9.38. The second-order valence-electron chi connectivity index (χ2n) is 4.01. The van der Waals surface area contributed by atoms with E-state index in [1.54, 1.807) is 30.3 Å². The van der Waals surface area contributed by atoms with Crippen LogP contribution in [0.5, 0.6) is 5.75 Å². The SMILES string of the molecule is COc1ccc(Br)cc1NC(=O)c1cccc(N)c1Cl. The van der Waals surface area contributed by atoms with Gasteiger partial charge in [0.2, 0.25) is 0 Å². The molecule has 0 atom stereocenters. The van der Waals surface area contributed by atoms with Crippen LogP contribution in [-0.4, -0.2) is 13.0 Å². The largest absolute Gasteiger partial charge is 0.495 e. The standard InChI is InChI=1S/C14H12BrClN2O2/c1-20-12-6-5-8(15)7-11(12)18-14(19)9-3-2-4-10(17)13(9)16/h2-7H,17H2,1H3,(H,18,19). The Hall–Kier alpha value is -1.72. The predicted octanol–water partition coefficient (Wildman–Crippen LogP) is 3.95. The van der Waals surface area contributed by atoms with Crippen molar-refractivity contribution in [3.63, 3.8) is 0 Å². The van der Waals surface area contributed by atoms with Crippen molar-refractivity contribution in [3.05, 3.63) is 51.5 Å². The topological polar surface area (TPSA) is 64.3 Å². The number of anilines is 2. The zero-order valence-electron chi connectivity index (χ0n) is 10.6. The Labute approximate surface area is 130 Å². The maximum Gasteiger partial charge on any atom is 0.257 e. The molecule has 1 amide bonds. The van der Waals surface area contributed by atoms with Crippen LogP contribution in [0, 0.1) is 0 Å². The number of rotatable bonds is 3. The van der Waals surface area contributed by atoms with Crippen molar-refractivity contribution in [2.45, 2.75) is 0 Å². The Bertz CT molecular complexity index is 662. The van der Waals surface area contributed by atoms with Crippen molar-refractivity contribution in [1.29, 1.82) is 0 Å². The second kappa shape index (κ2) is 6.15. The molecule has 0 radical (unpaired) electrons. The Morgan fingerprint density at radius 1 is 1.35 bits per heavy atom. The van der Waals surface area contributed by atoms with Crippen LogP contribution in [-0.2, 0) is 0 Å². The lowest BCUT2D eigenvalue weighted by Gasteiger charge is -2.12. The number of nitrogens with two attached hydrogens (primary N) is 1. The lowest BCUT2D eigenvalue weighted by molar-refractivity contribution is 0.102. The molecule has 3 N–H and O–H groups in total. The molecule has 0 saturated carbocycles. The van der Waals surface area contributed by atoms with Crippen molar-refractivity contribution in [2.24, 2.45) is 0 Å². The van der Waals surface area contributed by atoms with Crippen molar-refractivity contribution >= 4 is 44.8 Å². The molecule has 0 aliphatic carbocycles. The van der Waals surface area contributed by atoms with Crippen molar-refractivity contribution < 1.29 is 9.53 Å². The summed E-state index contributed by atoms with van der Waals surface area (Å²) in [5.41, 5.74) is 6.91. The van der Waals surface area contributed by atoms with Crippen LogP contribution in [0.3, 0.4) is 0 Å². The van der Waals surface area contributed by atoms with Crippen LogP contribution in [0.15, 0.2) is 40.9 Å². The number of methoxy groups -OCH3 is 1. The molecule has 2 rings (SSSR count). The van der Waals surface area contributed by atoms with Gasteiger partial charge in [0.15, 0.2) is 0 Å². The molecule has 0 fully saturated rings. The highest BCUT2D eigenvalue weighted by molar-refractivity contribution is 9.10. The minimum Gasteiger partial charge on any atom is -0.495 e. The fourth-order valence-electron chi connectivity index (χ4n) is 1.69. The molecule has 2 aromatic rings. The molecule has 0 saturated heterocycles. The number of benzene rings is 2. The van der Waals surface area contributed by atoms with E-state index in [2.05, 4.69) is 21.2 Å². The van der Waals surface area contributed by atoms with Gasteiger partial charge in [0.05, 0.1) is 29.1 Å². The number of amides is 1. The lowest BCUT2D eigenvalue weighted by Crippen LogP contribution is -2.13. The van der Waals surface area contributed by atoms with Gasteiger partial charge in [-0.25, -0.2) is 0 Å². The predicted molar refractivity (Wildman–Crippen MR) is 84.5 cm³/mol. The van der Waals surface area contributed by atoms with Gasteiger partial charge in [-0.05, 0) is 30.3 Å². The van der Waals surface area contributed by atoms with Crippen LogP contribution in [0.1, 0.15) is 10.4 Å². The van der Waals surface area contributed by atoms with Crippen LogP contribution in [0.2, 0.25) is 5.02 Å². The third-order valence-corrected chi connectivity index (χ3v) is 3.60. The van der Waals surface area contributed by atoms with E-state index >= 15 is 0 Å². The maximum absolute atomic E-state index is 12.2. The van der Waals surface area contributed by atoms with Crippen LogP contribution in [0.4, 0.5) is 11.4 Å². The summed E-state index contributed by atoms with van der Waals surface area (Å²) in [5.74, 6) is 0.209. The first-order valence-corrected chi connectivity index (χ1v) is 6.89. The van der Waals surface area contributed by atoms with Crippen LogP contribution >= 0.6 is 27.5 Å². The summed E-state index contributed by atoms with van der Waals surface area (Å²) in [5, 5.41) is 2.99. The molecule has 104 valence electrons. The van der Waals surface area contributed by atoms with Crippen molar-refractivity contribution in [1.82, 2.24) is 0 Å². The molecule has 0 aliphatic rings. The average Bonchev–Trinajstić information content (AvgIpc) is 2.42. The van der Waals surface area contributed by atoms with Gasteiger partial charge in [0, 0.05) is 4.47 Å². The first kappa shape index (κ1) is 14.7. The molecule has 0 aromatic heterocycles. The number of carbonyl (C=O) groups is 1. The summed E-state index contributed by atoms with van der Waals surface area (Å²) in [6.07, 6.45) is 0. The van der Waals surface area contributed by atoms with Gasteiger partial charge in [-0.15, -0.1) is 0 Å². The fourth-order valence-corrected chi connectivity index (χ4v) is 2.27. The van der Waals surface area contributed by atoms with E-state index in [1.807, 2.05) is 6.07 Å². The Morgan fingerprint density at radius 2 is 2.10 bits per heavy atom. The zero-order chi connectivity index (χ0) is 14.7. The Kier molecular flexibility index (Phi) is 4.52. The van der Waals surface area contributed by atoms with Gasteiger partial charge in [-0.3, -0.25) is 4.79 Å². The van der Waals surface area contributed by atoms with E-state index in [0.29, 0.717) is 22.7 Å². The minimum absolute atomic E-state index is 0.235. The highest BCUT2D eigenvalue weighted by atomic mass is 79.9. The van der Waals surface area contributed by atoms with E-state index in [4.69, 9.17) is 22.1 Å². The smallest absolute Gasteiger partial charge is 0.257 e. The van der Waals surface area contributed by atoms with Gasteiger partial charge in [0.1, 0.15) is 5.75 Å². The molecular formula is C14H12BrClN2O2. The summed E-state index contributed by atoms with van der Waals surface area (Å²) in [7, 11) is 1.53. The molecule has 0 aliphatic heterocycles. The van der Waals surface area contributed by atoms with E-state index in [0.717, 1.165) is 4.47 Å². The molecular weight excluding hydrogens is 344 g/mol. The van der Waals surface area contributed by atoms with E-state index in [1.165, 1.54) is 7.11 Å². The first-order chi connectivity index (χ1) is 9.52. The molecule has 0 unspecified atom stereocenters. The fraction of sp³-hybridized carbons (Fsp3) is 0.0714. The Balaban J connectivity index is 2.32. The highest BCUT2D eigenvalue weighted by Crippen LogP contribution is 2.30. The quantitative estimate of drug-likeness (QED) is 0.820. The summed E-state index contributed by atoms with van der Waals surface area (Å²) in [4.78, 5) is 12.2. The summed E-state index contributed by atoms with van der Waals surface area (Å²) in [6, 6.07) is 10.2. The number of halogens is 2. The molecule has 0 spiro atoms. The van der Waals surface area contributed by atoms with Gasteiger partial charge >= 0.3 is 0 Å². The van der Waals surface area contributed by atoms with Crippen LogP contribution in [0.25, 0.3) is 0 Å². The van der Waals surface area contributed by atoms with Gasteiger partial charge in [-0.2, -0.15) is 0 Å². The van der Waals surface area contributed by atoms with Gasteiger partial charge < -0.3 is 15.8 Å². The number of carbonyl (C=O) groups excluding carboxylic acids is 1. The van der Waals surface area contributed by atoms with Crippen LogP contribution < -0.4 is 15.8 Å². The number of hydrogen-bond donors (Lipinski definition) is 2. The normalized spacial score (nSPS) is 10.2. The van der Waals surface area contributed by atoms with E-state index in [9.17, 15) is 4.79 Å². The number of hydrogen-bond acceptors (Lipinski definition) is 3. The monoisotopic (exact) mass is 354 g/mol. The molecule has 6 heteroatoms. The van der Waals surface area contributed by atoms with Crippen molar-refractivity contribution in [3.8, 4) is 5.75 Å². The molecule has 20 heavy (non-hydrogen) atoms. The Morgan fingerprint density at radius 3 is 2.80 bits per heavy atom. The maximum atomic E-state index is 12.2. The van der Waals surface area contributed by atoms with Crippen molar-refractivity contribution in [2.75, 3.05) is 18.2 Å².